The van der Waals surface area contributed by atoms with Gasteiger partial charge in [-0.1, -0.05) is 18.2 Å². The number of H-pyrrole nitrogens is 1. The number of piperazine rings is 2. The van der Waals surface area contributed by atoms with Crippen molar-refractivity contribution in [2.45, 2.75) is 13.8 Å². The van der Waals surface area contributed by atoms with Gasteiger partial charge in [0.05, 0.1) is 106 Å². The van der Waals surface area contributed by atoms with Crippen LogP contribution in [-0.4, -0.2) is 200 Å². The van der Waals surface area contributed by atoms with Crippen molar-refractivity contribution in [3.8, 4) is 68.1 Å². The van der Waals surface area contributed by atoms with E-state index in [-0.39, 0.29) is 17.7 Å². The van der Waals surface area contributed by atoms with Crippen LogP contribution in [0, 0.1) is 13.8 Å². The highest BCUT2D eigenvalue weighted by Crippen LogP contribution is 2.32. The van der Waals surface area contributed by atoms with Gasteiger partial charge in [-0.05, 0) is 130 Å². The summed E-state index contributed by atoms with van der Waals surface area (Å²) in [5.74, 6) is -0.947. The van der Waals surface area contributed by atoms with E-state index < -0.39 is 0 Å². The highest BCUT2D eigenvalue weighted by Gasteiger charge is 2.23. The lowest BCUT2D eigenvalue weighted by Crippen LogP contribution is -2.44. The molecule has 28 heteroatoms. The van der Waals surface area contributed by atoms with Crippen molar-refractivity contribution in [1.29, 1.82) is 0 Å². The van der Waals surface area contributed by atoms with Crippen LogP contribution in [0.5, 0.6) is 0 Å². The Kier molecular flexibility index (Phi) is 20.9. The molecule has 0 radical (unpaired) electrons. The lowest BCUT2D eigenvalue weighted by Gasteiger charge is -2.33. The quantitative estimate of drug-likeness (QED) is 0.0745. The predicted octanol–water partition coefficient (Wildman–Crippen LogP) is 8.86. The average molecular weight is 1370 g/mol. The van der Waals surface area contributed by atoms with Crippen molar-refractivity contribution < 1.29 is 19.1 Å². The van der Waals surface area contributed by atoms with Crippen molar-refractivity contribution in [3.63, 3.8) is 0 Å². The van der Waals surface area contributed by atoms with Gasteiger partial charge in [0, 0.05) is 147 Å². The molecule has 4 N–H and O–H groups in total. The first kappa shape index (κ1) is 68.3. The summed E-state index contributed by atoms with van der Waals surface area (Å²) in [5.41, 5.74) is 16.4. The molecule has 3 aliphatic rings. The molecule has 102 heavy (non-hydrogen) atoms. The summed E-state index contributed by atoms with van der Waals surface area (Å²) in [7, 11) is 9.72. The van der Waals surface area contributed by atoms with Crippen LogP contribution in [0.25, 0.3) is 68.1 Å². The molecule has 0 aliphatic carbocycles. The van der Waals surface area contributed by atoms with Crippen LogP contribution >= 0.6 is 0 Å². The SMILES string of the molecule is CN1CCN(c2ccc(-c3nn(C)cc3NC(=O)c3cccc(-c4ccn[nH]4)n3)nc2)CC1.Cc1cncc(-c2cccc(C(=O)Nc3cn(C)nc3-c3ccc(N4CCN(C)CC4)cn3)n2)c1.Cc1cncc(-c2cccc(C(=O)Nc3cn(C)nc3-c3ccc(N4CCOCC4)cn3)n2)c1. The minimum Gasteiger partial charge on any atom is -0.378 e. The fourth-order valence-electron chi connectivity index (χ4n) is 11.9. The maximum Gasteiger partial charge on any atom is 0.274 e. The van der Waals surface area contributed by atoms with Gasteiger partial charge in [0.15, 0.2) is 0 Å². The number of hydrogen-bond donors (Lipinski definition) is 4. The van der Waals surface area contributed by atoms with E-state index in [0.717, 1.165) is 110 Å². The molecule has 15 heterocycles. The van der Waals surface area contributed by atoms with Gasteiger partial charge in [-0.15, -0.1) is 0 Å². The molecule has 0 saturated carbocycles. The van der Waals surface area contributed by atoms with E-state index >= 15 is 0 Å². The van der Waals surface area contributed by atoms with E-state index in [2.05, 4.69) is 132 Å². The molecule has 3 aliphatic heterocycles. The van der Waals surface area contributed by atoms with Crippen LogP contribution < -0.4 is 30.7 Å². The molecular weight excluding hydrogens is 1290 g/mol. The summed E-state index contributed by atoms with van der Waals surface area (Å²) in [6.45, 7) is 15.1. The topological polar surface area (TPSA) is 298 Å². The number of hydrogen-bond acceptors (Lipinski definition) is 21. The van der Waals surface area contributed by atoms with E-state index in [1.54, 1.807) is 94.0 Å². The van der Waals surface area contributed by atoms with Gasteiger partial charge in [0.2, 0.25) is 0 Å². The molecule has 0 aromatic carbocycles. The number of carbonyl (C=O) groups excluding carboxylic acids is 3. The van der Waals surface area contributed by atoms with E-state index in [1.807, 2.05) is 120 Å². The van der Waals surface area contributed by atoms with Gasteiger partial charge >= 0.3 is 0 Å². The van der Waals surface area contributed by atoms with Crippen LogP contribution in [0.4, 0.5) is 34.1 Å². The third-order valence-electron chi connectivity index (χ3n) is 17.4. The van der Waals surface area contributed by atoms with E-state index in [4.69, 9.17) is 4.74 Å². The second-order valence-electron chi connectivity index (χ2n) is 25.1. The zero-order valence-corrected chi connectivity index (χ0v) is 57.8. The lowest BCUT2D eigenvalue weighted by atomic mass is 10.1. The van der Waals surface area contributed by atoms with E-state index in [0.29, 0.717) is 98.6 Å². The third-order valence-corrected chi connectivity index (χ3v) is 17.4. The number of ether oxygens (including phenoxy) is 1. The Bertz CT molecular complexity index is 4860. The molecule has 28 nitrogen and oxygen atoms in total. The number of rotatable bonds is 15. The highest BCUT2D eigenvalue weighted by atomic mass is 16.5. The predicted molar refractivity (Wildman–Crippen MR) is 392 cm³/mol. The van der Waals surface area contributed by atoms with Gasteiger partial charge < -0.3 is 45.2 Å². The second kappa shape index (κ2) is 31.3. The van der Waals surface area contributed by atoms with Crippen LogP contribution in [0.1, 0.15) is 42.6 Å². The highest BCUT2D eigenvalue weighted by molar-refractivity contribution is 6.06. The Morgan fingerprint density at radius 2 is 0.784 bits per heavy atom. The zero-order chi connectivity index (χ0) is 70.6. The smallest absolute Gasteiger partial charge is 0.274 e. The zero-order valence-electron chi connectivity index (χ0n) is 57.8. The summed E-state index contributed by atoms with van der Waals surface area (Å²) >= 11 is 0. The number of anilines is 6. The Labute approximate surface area is 589 Å². The number of aromatic nitrogens is 16. The van der Waals surface area contributed by atoms with Crippen LogP contribution in [0.2, 0.25) is 0 Å². The van der Waals surface area contributed by atoms with Crippen molar-refractivity contribution in [2.24, 2.45) is 21.1 Å². The number of pyridine rings is 8. The minimum atomic E-state index is -0.320. The van der Waals surface area contributed by atoms with Crippen LogP contribution in [-0.2, 0) is 25.9 Å². The maximum absolute atomic E-state index is 13.1. The lowest BCUT2D eigenvalue weighted by molar-refractivity contribution is 0.101. The number of nitrogens with zero attached hydrogens (tertiary/aromatic N) is 20. The summed E-state index contributed by atoms with van der Waals surface area (Å²) in [5, 5.41) is 29.2. The standard InChI is InChI=1S/C26H28N8O.C25H25N7O2.C23H25N9O/c1-18-13-19(15-27-14-18)21-5-4-6-23(29-21)26(35)30-24-17-33(3)31-25(24)22-8-7-20(16-28-22)34-11-9-32(2)10-12-34;1-17-12-18(14-26-13-17)20-4-3-5-22(28-20)25(33)29-23-16-31(2)30-24(23)21-7-6-19(15-27-21)32-8-10-34-11-9-32;1-30-10-12-32(13-11-30)16-6-7-19(24-14-16)22-21(15-31(2)29-22)27-23(33)20-5-3-4-17(26-20)18-8-9-25-28-18/h4-8,13-17H,9-12H2,1-3H3,(H,30,35);3-7,12-16H,8-11H2,1-2H3,(H,29,33);3-9,14-15H,10-13H2,1-2H3,(H,25,28)(H,27,33). The Morgan fingerprint density at radius 3 is 1.14 bits per heavy atom. The van der Waals surface area contributed by atoms with Crippen molar-refractivity contribution in [2.75, 3.05) is 123 Å². The molecule has 3 saturated heterocycles. The van der Waals surface area contributed by atoms with Crippen LogP contribution in [0.3, 0.4) is 0 Å². The van der Waals surface area contributed by atoms with E-state index in [1.165, 1.54) is 0 Å². The number of amides is 3. The minimum absolute atomic E-state index is 0.301. The number of carbonyl (C=O) groups is 3. The van der Waals surface area contributed by atoms with Gasteiger partial charge in [-0.2, -0.15) is 20.4 Å². The fourth-order valence-corrected chi connectivity index (χ4v) is 11.9. The number of nitrogens with one attached hydrogen (secondary N) is 4. The fraction of sp³-hybridized carbons (Fsp3) is 0.257. The molecule has 0 bridgehead atoms. The molecule has 12 aromatic heterocycles. The van der Waals surface area contributed by atoms with Crippen molar-refractivity contribution >= 4 is 51.8 Å². The number of aromatic amines is 1. The molecule has 15 rings (SSSR count). The van der Waals surface area contributed by atoms with Crippen molar-refractivity contribution in [1.82, 2.24) is 89.2 Å². The third kappa shape index (κ3) is 16.7. The first-order valence-electron chi connectivity index (χ1n) is 33.5. The van der Waals surface area contributed by atoms with Crippen LogP contribution in [0.15, 0.2) is 177 Å². The molecule has 12 aromatic rings. The molecule has 0 unspecified atom stereocenters. The number of likely N-dealkylation sites (N-methyl/N-ethyl adjacent to an activating group) is 2. The Balaban J connectivity index is 0.000000137. The summed E-state index contributed by atoms with van der Waals surface area (Å²) in [6, 6.07) is 33.8. The average Bonchev–Trinajstić information content (AvgIpc) is 1.64. The second-order valence-corrected chi connectivity index (χ2v) is 25.1. The van der Waals surface area contributed by atoms with Gasteiger partial charge in [-0.3, -0.25) is 58.4 Å². The first-order chi connectivity index (χ1) is 49.6. The maximum atomic E-state index is 13.1. The number of aryl methyl sites for hydroxylation is 5. The Hall–Kier alpha value is -12.3. The van der Waals surface area contributed by atoms with Gasteiger partial charge in [-0.25, -0.2) is 15.0 Å². The molecule has 3 amide bonds. The molecular formula is C74H78N24O4. The largest absolute Gasteiger partial charge is 0.378 e. The van der Waals surface area contributed by atoms with E-state index in [9.17, 15) is 14.4 Å². The van der Waals surface area contributed by atoms with Crippen molar-refractivity contribution in [3.05, 3.63) is 206 Å². The van der Waals surface area contributed by atoms with Gasteiger partial charge in [0.25, 0.3) is 17.7 Å². The molecule has 0 spiro atoms. The summed E-state index contributed by atoms with van der Waals surface area (Å²) in [4.78, 5) is 86.5. The number of morpholine rings is 1. The van der Waals surface area contributed by atoms with Gasteiger partial charge in [0.1, 0.15) is 34.2 Å². The first-order valence-corrected chi connectivity index (χ1v) is 33.5. The summed E-state index contributed by atoms with van der Waals surface area (Å²) in [6.07, 6.45) is 19.6. The molecule has 0 atom stereocenters. The molecule has 518 valence electrons. The monoisotopic (exact) mass is 1370 g/mol. The Morgan fingerprint density at radius 1 is 0.412 bits per heavy atom. The summed E-state index contributed by atoms with van der Waals surface area (Å²) < 4.78 is 10.4. The normalized spacial score (nSPS) is 14.1. The molecule has 3 fully saturated rings.